The fraction of sp³-hybridized carbons (Fsp3) is 0.154. The summed E-state index contributed by atoms with van der Waals surface area (Å²) in [6.45, 7) is 0.263. The Balaban J connectivity index is 2.22. The normalized spacial score (nSPS) is 11.8. The summed E-state index contributed by atoms with van der Waals surface area (Å²) >= 11 is 4.79. The summed E-state index contributed by atoms with van der Waals surface area (Å²) in [7, 11) is -2.14. The molecular weight excluding hydrogens is 378 g/mol. The van der Waals surface area contributed by atoms with Gasteiger partial charge in [-0.3, -0.25) is 0 Å². The van der Waals surface area contributed by atoms with Crippen LogP contribution in [-0.4, -0.2) is 30.8 Å². The molecule has 21 heavy (non-hydrogen) atoms. The molecule has 0 radical (unpaired) electrons. The van der Waals surface area contributed by atoms with Gasteiger partial charge in [-0.15, -0.1) is 11.3 Å². The van der Waals surface area contributed by atoms with Crippen molar-refractivity contribution in [2.75, 3.05) is 7.05 Å². The van der Waals surface area contributed by atoms with Crippen LogP contribution in [0.15, 0.2) is 45.1 Å². The lowest BCUT2D eigenvalue weighted by atomic mass is 10.2. The predicted octanol–water partition coefficient (Wildman–Crippen LogP) is 3.03. The van der Waals surface area contributed by atoms with E-state index < -0.39 is 16.0 Å². The molecule has 112 valence electrons. The highest BCUT2D eigenvalue weighted by Gasteiger charge is 2.21. The van der Waals surface area contributed by atoms with Crippen molar-refractivity contribution in [2.24, 2.45) is 0 Å². The van der Waals surface area contributed by atoms with Crippen molar-refractivity contribution < 1.29 is 18.3 Å². The highest BCUT2D eigenvalue weighted by molar-refractivity contribution is 9.10. The first-order chi connectivity index (χ1) is 9.80. The second kappa shape index (κ2) is 6.27. The second-order valence-corrected chi connectivity index (χ2v) is 8.28. The Morgan fingerprint density at radius 3 is 2.43 bits per heavy atom. The highest BCUT2D eigenvalue weighted by atomic mass is 79.9. The minimum absolute atomic E-state index is 0.0544. The topological polar surface area (TPSA) is 74.7 Å². The van der Waals surface area contributed by atoms with E-state index in [1.165, 1.54) is 47.0 Å². The van der Waals surface area contributed by atoms with Crippen molar-refractivity contribution in [1.29, 1.82) is 0 Å². The van der Waals surface area contributed by atoms with Crippen LogP contribution in [0.5, 0.6) is 0 Å². The molecule has 8 heteroatoms. The summed E-state index contributed by atoms with van der Waals surface area (Å²) < 4.78 is 26.9. The number of hydrogen-bond acceptors (Lipinski definition) is 4. The fourth-order valence-corrected chi connectivity index (χ4v) is 4.42. The Bertz CT molecular complexity index is 753. The highest BCUT2D eigenvalue weighted by Crippen LogP contribution is 2.23. The maximum absolute atomic E-state index is 12.4. The molecule has 2 rings (SSSR count). The number of carboxylic acids is 1. The van der Waals surface area contributed by atoms with Crippen molar-refractivity contribution in [3.05, 3.63) is 50.6 Å². The average molecular weight is 390 g/mol. The molecule has 1 aromatic heterocycles. The third-order valence-corrected chi connectivity index (χ3v) is 6.31. The van der Waals surface area contributed by atoms with Gasteiger partial charge in [0.05, 0.1) is 10.5 Å². The first-order valence-corrected chi connectivity index (χ1v) is 8.94. The number of hydrogen-bond donors (Lipinski definition) is 1. The van der Waals surface area contributed by atoms with Gasteiger partial charge in [0.1, 0.15) is 0 Å². The van der Waals surface area contributed by atoms with E-state index in [9.17, 15) is 13.2 Å². The molecule has 0 saturated carbocycles. The summed E-state index contributed by atoms with van der Waals surface area (Å²) in [4.78, 5) is 11.8. The zero-order valence-electron chi connectivity index (χ0n) is 11.0. The largest absolute Gasteiger partial charge is 0.478 e. The summed E-state index contributed by atoms with van der Waals surface area (Å²) in [5.74, 6) is -1.09. The number of nitrogens with zero attached hydrogens (tertiary/aromatic N) is 1. The third-order valence-electron chi connectivity index (χ3n) is 2.81. The van der Waals surface area contributed by atoms with Crippen LogP contribution >= 0.6 is 27.3 Å². The van der Waals surface area contributed by atoms with Gasteiger partial charge in [0.25, 0.3) is 0 Å². The van der Waals surface area contributed by atoms with Crippen molar-refractivity contribution in [3.63, 3.8) is 0 Å². The molecule has 1 N–H and O–H groups in total. The van der Waals surface area contributed by atoms with Gasteiger partial charge in [-0.2, -0.15) is 4.31 Å². The van der Waals surface area contributed by atoms with Crippen molar-refractivity contribution >= 4 is 43.3 Å². The number of carbonyl (C=O) groups is 1. The molecule has 0 unspecified atom stereocenters. The van der Waals surface area contributed by atoms with E-state index in [0.717, 1.165) is 9.35 Å². The molecule has 0 amide bonds. The molecule has 0 atom stereocenters. The average Bonchev–Trinajstić information content (AvgIpc) is 2.84. The number of carboxylic acid groups (broad SMARTS) is 1. The van der Waals surface area contributed by atoms with Gasteiger partial charge in [-0.1, -0.05) is 0 Å². The van der Waals surface area contributed by atoms with E-state index in [-0.39, 0.29) is 17.0 Å². The van der Waals surface area contributed by atoms with Crippen LogP contribution in [0.2, 0.25) is 0 Å². The number of sulfonamides is 1. The van der Waals surface area contributed by atoms with Gasteiger partial charge in [0.15, 0.2) is 0 Å². The molecule has 0 fully saturated rings. The van der Waals surface area contributed by atoms with Gasteiger partial charge in [-0.25, -0.2) is 13.2 Å². The van der Waals surface area contributed by atoms with Crippen LogP contribution in [0.1, 0.15) is 15.2 Å². The van der Waals surface area contributed by atoms with E-state index in [4.69, 9.17) is 5.11 Å². The Labute approximate surface area is 135 Å². The lowest BCUT2D eigenvalue weighted by Gasteiger charge is -2.16. The lowest BCUT2D eigenvalue weighted by Crippen LogP contribution is -2.26. The van der Waals surface area contributed by atoms with Gasteiger partial charge >= 0.3 is 5.97 Å². The van der Waals surface area contributed by atoms with E-state index in [1.54, 1.807) is 0 Å². The van der Waals surface area contributed by atoms with E-state index in [2.05, 4.69) is 15.9 Å². The number of benzene rings is 1. The smallest absolute Gasteiger partial charge is 0.335 e. The summed E-state index contributed by atoms with van der Waals surface area (Å²) in [5.41, 5.74) is 0.0544. The minimum Gasteiger partial charge on any atom is -0.478 e. The van der Waals surface area contributed by atoms with Crippen LogP contribution in [0.3, 0.4) is 0 Å². The zero-order valence-corrected chi connectivity index (χ0v) is 14.2. The fourth-order valence-electron chi connectivity index (χ4n) is 1.69. The summed E-state index contributed by atoms with van der Waals surface area (Å²) in [6.07, 6.45) is 0. The second-order valence-electron chi connectivity index (χ2n) is 4.32. The Morgan fingerprint density at radius 1 is 1.33 bits per heavy atom. The van der Waals surface area contributed by atoms with Gasteiger partial charge in [0, 0.05) is 28.3 Å². The van der Waals surface area contributed by atoms with Crippen LogP contribution in [0.4, 0.5) is 0 Å². The standard InChI is InChI=1S/C13H12BrNO4S2/c1-15(7-11-6-10(14)8-20-11)21(18,19)12-4-2-9(3-5-12)13(16)17/h2-6,8H,7H2,1H3,(H,16,17). The van der Waals surface area contributed by atoms with Gasteiger partial charge in [0.2, 0.25) is 10.0 Å². The third kappa shape index (κ3) is 3.70. The number of aromatic carboxylic acids is 1. The maximum Gasteiger partial charge on any atom is 0.335 e. The molecular formula is C13H12BrNO4S2. The van der Waals surface area contributed by atoms with E-state index in [0.29, 0.717) is 0 Å². The lowest BCUT2D eigenvalue weighted by molar-refractivity contribution is 0.0696. The Kier molecular flexibility index (Phi) is 4.82. The summed E-state index contributed by atoms with van der Waals surface area (Å²) in [5, 5.41) is 10.7. The molecule has 0 bridgehead atoms. The molecule has 5 nitrogen and oxygen atoms in total. The number of rotatable bonds is 5. The summed E-state index contributed by atoms with van der Waals surface area (Å²) in [6, 6.07) is 7.04. The van der Waals surface area contributed by atoms with Crippen LogP contribution in [-0.2, 0) is 16.6 Å². The predicted molar refractivity (Wildman–Crippen MR) is 84.1 cm³/mol. The molecule has 0 aliphatic rings. The molecule has 0 spiro atoms. The van der Waals surface area contributed by atoms with Crippen LogP contribution in [0, 0.1) is 0 Å². The monoisotopic (exact) mass is 389 g/mol. The first-order valence-electron chi connectivity index (χ1n) is 5.83. The molecule has 1 aromatic carbocycles. The maximum atomic E-state index is 12.4. The van der Waals surface area contributed by atoms with Crippen LogP contribution in [0.25, 0.3) is 0 Å². The molecule has 0 aliphatic carbocycles. The van der Waals surface area contributed by atoms with Crippen molar-refractivity contribution in [2.45, 2.75) is 11.4 Å². The first kappa shape index (κ1) is 16.2. The quantitative estimate of drug-likeness (QED) is 0.852. The van der Waals surface area contributed by atoms with Crippen molar-refractivity contribution in [1.82, 2.24) is 4.31 Å². The molecule has 2 aromatic rings. The SMILES string of the molecule is CN(Cc1cc(Br)cs1)S(=O)(=O)c1ccc(C(=O)O)cc1. The van der Waals surface area contributed by atoms with Gasteiger partial charge in [-0.05, 0) is 46.3 Å². The zero-order chi connectivity index (χ0) is 15.6. The molecule has 0 aliphatic heterocycles. The molecule has 0 saturated heterocycles. The Hall–Kier alpha value is -1.22. The minimum atomic E-state index is -3.64. The van der Waals surface area contributed by atoms with E-state index >= 15 is 0 Å². The Morgan fingerprint density at radius 2 is 1.95 bits per heavy atom. The molecule has 1 heterocycles. The van der Waals surface area contributed by atoms with Crippen molar-refractivity contribution in [3.8, 4) is 0 Å². The number of halogens is 1. The van der Waals surface area contributed by atoms with Gasteiger partial charge < -0.3 is 5.11 Å². The van der Waals surface area contributed by atoms with E-state index in [1.807, 2.05) is 11.4 Å². The number of thiophene rings is 1. The van der Waals surface area contributed by atoms with Crippen LogP contribution < -0.4 is 0 Å².